The Morgan fingerprint density at radius 2 is 1.67 bits per heavy atom. The molecule has 4 bridgehead atoms. The third-order valence-corrected chi connectivity index (χ3v) is 7.43. The lowest BCUT2D eigenvalue weighted by atomic mass is 9.52. The van der Waals surface area contributed by atoms with E-state index in [1.165, 1.54) is 55.0 Å². The Balaban J connectivity index is 1.28. The largest absolute Gasteiger partial charge is 0.314 e. The van der Waals surface area contributed by atoms with Gasteiger partial charge in [0.25, 0.3) is 0 Å². The van der Waals surface area contributed by atoms with Crippen molar-refractivity contribution in [3.8, 4) is 0 Å². The molecule has 0 atom stereocenters. The topological polar surface area (TPSA) is 37.8 Å². The molecule has 1 heterocycles. The minimum atomic E-state index is 0.764. The first-order valence-electron chi connectivity index (χ1n) is 8.91. The number of hydrogen-bond donors (Lipinski definition) is 1. The van der Waals surface area contributed by atoms with E-state index in [-0.39, 0.29) is 0 Å². The van der Waals surface area contributed by atoms with E-state index in [0.29, 0.717) is 0 Å². The molecule has 1 aromatic heterocycles. The molecule has 0 spiro atoms. The first-order valence-corrected chi connectivity index (χ1v) is 9.72. The summed E-state index contributed by atoms with van der Waals surface area (Å²) in [6, 6.07) is 0.807. The zero-order valence-electron chi connectivity index (χ0n) is 12.6. The van der Waals surface area contributed by atoms with Crippen molar-refractivity contribution in [1.82, 2.24) is 15.5 Å². The first kappa shape index (κ1) is 13.0. The van der Waals surface area contributed by atoms with Gasteiger partial charge in [-0.3, -0.25) is 0 Å². The number of nitrogens with zero attached hydrogens (tertiary/aromatic N) is 2. The van der Waals surface area contributed by atoms with Crippen molar-refractivity contribution in [3.05, 3.63) is 10.0 Å². The summed E-state index contributed by atoms with van der Waals surface area (Å²) in [6.45, 7) is 1.08. The normalized spacial score (nSPS) is 40.9. The van der Waals surface area contributed by atoms with Crippen LogP contribution in [0.15, 0.2) is 0 Å². The van der Waals surface area contributed by atoms with Crippen LogP contribution in [-0.2, 0) is 6.42 Å². The van der Waals surface area contributed by atoms with Crippen molar-refractivity contribution < 1.29 is 0 Å². The molecule has 5 aliphatic rings. The van der Waals surface area contributed by atoms with Gasteiger partial charge in [0.1, 0.15) is 10.0 Å². The molecule has 1 N–H and O–H groups in total. The monoisotopic (exact) mass is 303 g/mol. The molecular weight excluding hydrogens is 278 g/mol. The van der Waals surface area contributed by atoms with Crippen LogP contribution in [0.3, 0.4) is 0 Å². The molecule has 3 nitrogen and oxygen atoms in total. The van der Waals surface area contributed by atoms with Gasteiger partial charge in [-0.1, -0.05) is 0 Å². The lowest BCUT2D eigenvalue weighted by molar-refractivity contribution is -0.00303. The molecule has 114 valence electrons. The Morgan fingerprint density at radius 1 is 0.952 bits per heavy atom. The van der Waals surface area contributed by atoms with Gasteiger partial charge < -0.3 is 5.32 Å². The van der Waals surface area contributed by atoms with Crippen molar-refractivity contribution in [3.63, 3.8) is 0 Å². The predicted molar refractivity (Wildman–Crippen MR) is 84.4 cm³/mol. The molecular formula is C17H25N3S. The molecule has 21 heavy (non-hydrogen) atoms. The molecule has 6 rings (SSSR count). The Hall–Kier alpha value is -0.480. The smallest absolute Gasteiger partial charge is 0.121 e. The van der Waals surface area contributed by atoms with E-state index in [9.17, 15) is 0 Å². The zero-order chi connectivity index (χ0) is 13.8. The lowest BCUT2D eigenvalue weighted by Gasteiger charge is -2.53. The van der Waals surface area contributed by atoms with Crippen LogP contribution in [-0.4, -0.2) is 22.8 Å². The predicted octanol–water partition coefficient (Wildman–Crippen LogP) is 3.37. The Labute approximate surface area is 130 Å². The highest BCUT2D eigenvalue weighted by Gasteiger charge is 2.49. The van der Waals surface area contributed by atoms with Crippen LogP contribution in [0.2, 0.25) is 0 Å². The van der Waals surface area contributed by atoms with Crippen LogP contribution in [0.1, 0.15) is 60.9 Å². The summed E-state index contributed by atoms with van der Waals surface area (Å²) in [6.07, 6.45) is 11.3. The molecule has 1 aromatic rings. The van der Waals surface area contributed by atoms with E-state index >= 15 is 0 Å². The summed E-state index contributed by atoms with van der Waals surface area (Å²) in [4.78, 5) is 0. The molecule has 0 aliphatic heterocycles. The fourth-order valence-electron chi connectivity index (χ4n) is 5.50. The summed E-state index contributed by atoms with van der Waals surface area (Å²) in [7, 11) is 0. The van der Waals surface area contributed by atoms with Gasteiger partial charge in [0.2, 0.25) is 0 Å². The highest BCUT2D eigenvalue weighted by Crippen LogP contribution is 2.59. The maximum atomic E-state index is 4.62. The molecule has 5 saturated carbocycles. The molecule has 0 unspecified atom stereocenters. The minimum absolute atomic E-state index is 0.764. The van der Waals surface area contributed by atoms with Gasteiger partial charge in [0, 0.05) is 24.9 Å². The van der Waals surface area contributed by atoms with E-state index in [1.807, 2.05) is 11.3 Å². The Kier molecular flexibility index (Phi) is 3.11. The second-order valence-corrected chi connectivity index (χ2v) is 9.06. The number of hydrogen-bond acceptors (Lipinski definition) is 4. The highest BCUT2D eigenvalue weighted by atomic mass is 32.1. The maximum absolute atomic E-state index is 4.62. The number of aromatic nitrogens is 2. The second kappa shape index (κ2) is 5.02. The van der Waals surface area contributed by atoms with E-state index in [2.05, 4.69) is 15.5 Å². The van der Waals surface area contributed by atoms with Gasteiger partial charge in [0.15, 0.2) is 0 Å². The van der Waals surface area contributed by atoms with Gasteiger partial charge in [-0.05, 0) is 68.6 Å². The minimum Gasteiger partial charge on any atom is -0.314 e. The standard InChI is InChI=1S/C17H25N3S/c1-2-14(1)18-4-3-15-19-20-17(21-15)16-12-6-10-5-11(8-12)9-13(16)7-10/h10-14,16,18H,1-9H2. The molecule has 0 amide bonds. The molecule has 0 radical (unpaired) electrons. The van der Waals surface area contributed by atoms with Crippen LogP contribution in [0.4, 0.5) is 0 Å². The quantitative estimate of drug-likeness (QED) is 0.906. The van der Waals surface area contributed by atoms with Crippen LogP contribution in [0, 0.1) is 23.7 Å². The van der Waals surface area contributed by atoms with Gasteiger partial charge in [-0.2, -0.15) is 0 Å². The Bertz CT molecular complexity index is 494. The summed E-state index contributed by atoms with van der Waals surface area (Å²) >= 11 is 1.92. The summed E-state index contributed by atoms with van der Waals surface area (Å²) in [5, 5.41) is 15.3. The first-order chi connectivity index (χ1) is 10.3. The zero-order valence-corrected chi connectivity index (χ0v) is 13.4. The van der Waals surface area contributed by atoms with Crippen molar-refractivity contribution in [2.45, 2.75) is 63.3 Å². The van der Waals surface area contributed by atoms with Crippen LogP contribution >= 0.6 is 11.3 Å². The number of nitrogens with one attached hydrogen (secondary N) is 1. The van der Waals surface area contributed by atoms with Crippen LogP contribution < -0.4 is 5.32 Å². The summed E-state index contributed by atoms with van der Waals surface area (Å²) < 4.78 is 0. The van der Waals surface area contributed by atoms with E-state index < -0.39 is 0 Å². The van der Waals surface area contributed by atoms with Crippen LogP contribution in [0.25, 0.3) is 0 Å². The average Bonchev–Trinajstić information content (AvgIpc) is 3.16. The van der Waals surface area contributed by atoms with Gasteiger partial charge in [-0.25, -0.2) is 0 Å². The molecule has 0 saturated heterocycles. The third-order valence-electron chi connectivity index (χ3n) is 6.34. The average molecular weight is 303 g/mol. The van der Waals surface area contributed by atoms with E-state index in [0.717, 1.165) is 48.6 Å². The summed E-state index contributed by atoms with van der Waals surface area (Å²) in [5.41, 5.74) is 0. The van der Waals surface area contributed by atoms with Crippen molar-refractivity contribution in [1.29, 1.82) is 0 Å². The van der Waals surface area contributed by atoms with E-state index in [4.69, 9.17) is 0 Å². The summed E-state index contributed by atoms with van der Waals surface area (Å²) in [5.74, 6) is 4.75. The van der Waals surface area contributed by atoms with Gasteiger partial charge in [-0.15, -0.1) is 21.5 Å². The molecule has 0 aromatic carbocycles. The van der Waals surface area contributed by atoms with E-state index in [1.54, 1.807) is 0 Å². The lowest BCUT2D eigenvalue weighted by Crippen LogP contribution is -2.43. The van der Waals surface area contributed by atoms with Gasteiger partial charge >= 0.3 is 0 Å². The van der Waals surface area contributed by atoms with Crippen molar-refractivity contribution in [2.24, 2.45) is 23.7 Å². The van der Waals surface area contributed by atoms with Crippen LogP contribution in [0.5, 0.6) is 0 Å². The second-order valence-electron chi connectivity index (χ2n) is 7.97. The third kappa shape index (κ3) is 2.44. The van der Waals surface area contributed by atoms with Crippen molar-refractivity contribution in [2.75, 3.05) is 6.54 Å². The number of rotatable bonds is 5. The molecule has 4 heteroatoms. The molecule has 5 fully saturated rings. The van der Waals surface area contributed by atoms with Gasteiger partial charge in [0.05, 0.1) is 0 Å². The fraction of sp³-hybridized carbons (Fsp3) is 0.882. The highest BCUT2D eigenvalue weighted by molar-refractivity contribution is 7.11. The fourth-order valence-corrected chi connectivity index (χ4v) is 6.63. The van der Waals surface area contributed by atoms with Crippen molar-refractivity contribution >= 4 is 11.3 Å². The SMILES string of the molecule is C(Cc1nnc(C2C3CC4CC(C3)CC2C4)s1)NC1CC1. The molecule has 5 aliphatic carbocycles. The Morgan fingerprint density at radius 3 is 2.33 bits per heavy atom. The maximum Gasteiger partial charge on any atom is 0.121 e.